The first-order valence-corrected chi connectivity index (χ1v) is 6.81. The largest absolute Gasteiger partial charge is 0.309 e. The summed E-state index contributed by atoms with van der Waals surface area (Å²) in [5.41, 5.74) is 1.07. The predicted octanol–water partition coefficient (Wildman–Crippen LogP) is 4.48. The van der Waals surface area contributed by atoms with E-state index in [2.05, 4.69) is 21.2 Å². The smallest absolute Gasteiger partial charge is 0.128 e. The van der Waals surface area contributed by atoms with Crippen molar-refractivity contribution in [2.75, 3.05) is 7.05 Å². The van der Waals surface area contributed by atoms with Crippen LogP contribution in [-0.4, -0.2) is 7.05 Å². The molecule has 5 heteroatoms. The van der Waals surface area contributed by atoms with E-state index in [0.717, 1.165) is 6.07 Å². The van der Waals surface area contributed by atoms with Crippen molar-refractivity contribution in [3.8, 4) is 0 Å². The number of hydrogen-bond donors (Lipinski definition) is 1. The van der Waals surface area contributed by atoms with Gasteiger partial charge in [0.15, 0.2) is 0 Å². The van der Waals surface area contributed by atoms with Gasteiger partial charge in [0.05, 0.1) is 6.04 Å². The number of nitrogens with one attached hydrogen (secondary N) is 1. The lowest BCUT2D eigenvalue weighted by Gasteiger charge is -2.20. The Morgan fingerprint density at radius 3 is 2.30 bits per heavy atom. The van der Waals surface area contributed by atoms with Gasteiger partial charge >= 0.3 is 0 Å². The van der Waals surface area contributed by atoms with Crippen LogP contribution in [0.5, 0.6) is 0 Å². The van der Waals surface area contributed by atoms with Crippen LogP contribution in [0.15, 0.2) is 34.8 Å². The van der Waals surface area contributed by atoms with Gasteiger partial charge in [-0.25, -0.2) is 13.2 Å². The molecule has 2 rings (SSSR count). The van der Waals surface area contributed by atoms with Gasteiger partial charge in [0.2, 0.25) is 0 Å². The molecule has 0 saturated carbocycles. The highest BCUT2D eigenvalue weighted by atomic mass is 79.9. The third kappa shape index (κ3) is 2.88. The molecule has 0 aliphatic carbocycles. The number of halogens is 4. The van der Waals surface area contributed by atoms with Crippen LogP contribution in [0.2, 0.25) is 0 Å². The topological polar surface area (TPSA) is 12.0 Å². The molecule has 1 nitrogen and oxygen atoms in total. The molecule has 1 atom stereocenters. The van der Waals surface area contributed by atoms with Crippen molar-refractivity contribution in [3.63, 3.8) is 0 Å². The van der Waals surface area contributed by atoms with Crippen LogP contribution >= 0.6 is 15.9 Å². The van der Waals surface area contributed by atoms with Gasteiger partial charge in [-0.15, -0.1) is 0 Å². The molecule has 0 heterocycles. The highest BCUT2D eigenvalue weighted by Crippen LogP contribution is 2.31. The van der Waals surface area contributed by atoms with Gasteiger partial charge in [-0.1, -0.05) is 22.0 Å². The molecule has 0 saturated heterocycles. The minimum absolute atomic E-state index is 0.183. The first kappa shape index (κ1) is 15.1. The summed E-state index contributed by atoms with van der Waals surface area (Å²) in [6.45, 7) is 1.50. The molecule has 0 amide bonds. The summed E-state index contributed by atoms with van der Waals surface area (Å²) in [7, 11) is 1.64. The Labute approximate surface area is 123 Å². The molecule has 20 heavy (non-hydrogen) atoms. The van der Waals surface area contributed by atoms with Gasteiger partial charge in [0.25, 0.3) is 0 Å². The van der Waals surface area contributed by atoms with Crippen LogP contribution in [0.25, 0.3) is 0 Å². The third-order valence-corrected chi connectivity index (χ3v) is 3.84. The Balaban J connectivity index is 2.55. The standard InChI is InChI=1S/C15H13BrF3N/c1-8-5-14(19)11(7-13(8)18)15(20-2)10-4-3-9(17)6-12(10)16/h3-7,15,20H,1-2H3. The quantitative estimate of drug-likeness (QED) is 0.866. The normalized spacial score (nSPS) is 12.5. The zero-order chi connectivity index (χ0) is 14.9. The number of benzene rings is 2. The van der Waals surface area contributed by atoms with E-state index in [1.54, 1.807) is 7.05 Å². The number of rotatable bonds is 3. The SMILES string of the molecule is CNC(c1cc(F)c(C)cc1F)c1ccc(F)cc1Br. The number of hydrogen-bond acceptors (Lipinski definition) is 1. The van der Waals surface area contributed by atoms with Gasteiger partial charge in [-0.2, -0.15) is 0 Å². The summed E-state index contributed by atoms with van der Waals surface area (Å²) >= 11 is 3.25. The van der Waals surface area contributed by atoms with Crippen LogP contribution in [0.1, 0.15) is 22.7 Å². The fourth-order valence-electron chi connectivity index (χ4n) is 2.10. The second kappa shape index (κ2) is 5.97. The fourth-order valence-corrected chi connectivity index (χ4v) is 2.68. The molecule has 0 aliphatic heterocycles. The first-order chi connectivity index (χ1) is 9.43. The van der Waals surface area contributed by atoms with Crippen molar-refractivity contribution in [1.82, 2.24) is 5.32 Å². The summed E-state index contributed by atoms with van der Waals surface area (Å²) in [5.74, 6) is -1.37. The minimum Gasteiger partial charge on any atom is -0.309 e. The van der Waals surface area contributed by atoms with Crippen LogP contribution in [0, 0.1) is 24.4 Å². The zero-order valence-corrected chi connectivity index (χ0v) is 12.6. The highest BCUT2D eigenvalue weighted by Gasteiger charge is 2.20. The number of aryl methyl sites for hydroxylation is 1. The summed E-state index contributed by atoms with van der Waals surface area (Å²) in [5, 5.41) is 2.92. The lowest BCUT2D eigenvalue weighted by atomic mass is 9.97. The predicted molar refractivity (Wildman–Crippen MR) is 76.1 cm³/mol. The highest BCUT2D eigenvalue weighted by molar-refractivity contribution is 9.10. The maximum absolute atomic E-state index is 14.1. The summed E-state index contributed by atoms with van der Waals surface area (Å²) in [6, 6.07) is 5.88. The molecule has 2 aromatic rings. The van der Waals surface area contributed by atoms with E-state index in [9.17, 15) is 13.2 Å². The molecular weight excluding hydrogens is 331 g/mol. The molecule has 0 bridgehead atoms. The Morgan fingerprint density at radius 2 is 1.70 bits per heavy atom. The molecule has 0 spiro atoms. The molecule has 0 radical (unpaired) electrons. The summed E-state index contributed by atoms with van der Waals surface area (Å²) in [4.78, 5) is 0. The second-order valence-corrected chi connectivity index (χ2v) is 5.36. The van der Waals surface area contributed by atoms with Gasteiger partial charge in [0, 0.05) is 10.0 Å². The van der Waals surface area contributed by atoms with Crippen LogP contribution in [-0.2, 0) is 0 Å². The Morgan fingerprint density at radius 1 is 1.00 bits per heavy atom. The maximum atomic E-state index is 14.1. The van der Waals surface area contributed by atoms with Crippen molar-refractivity contribution < 1.29 is 13.2 Å². The molecular formula is C15H13BrF3N. The van der Waals surface area contributed by atoms with E-state index in [1.807, 2.05) is 0 Å². The average molecular weight is 344 g/mol. The first-order valence-electron chi connectivity index (χ1n) is 6.01. The Bertz CT molecular complexity index is 643. The molecule has 0 aliphatic rings. The third-order valence-electron chi connectivity index (χ3n) is 3.15. The summed E-state index contributed by atoms with van der Waals surface area (Å²) in [6.07, 6.45) is 0. The van der Waals surface area contributed by atoms with Gasteiger partial charge < -0.3 is 5.32 Å². The molecule has 1 N–H and O–H groups in total. The van der Waals surface area contributed by atoms with Crippen molar-refractivity contribution >= 4 is 15.9 Å². The van der Waals surface area contributed by atoms with Gasteiger partial charge in [0.1, 0.15) is 17.5 Å². The second-order valence-electron chi connectivity index (χ2n) is 4.51. The van der Waals surface area contributed by atoms with Gasteiger partial charge in [-0.05, 0) is 49.4 Å². The van der Waals surface area contributed by atoms with Crippen LogP contribution < -0.4 is 5.32 Å². The van der Waals surface area contributed by atoms with Crippen molar-refractivity contribution in [1.29, 1.82) is 0 Å². The van der Waals surface area contributed by atoms with E-state index >= 15 is 0 Å². The maximum Gasteiger partial charge on any atom is 0.128 e. The molecule has 106 valence electrons. The minimum atomic E-state index is -0.569. The van der Waals surface area contributed by atoms with Crippen LogP contribution in [0.4, 0.5) is 13.2 Å². The van der Waals surface area contributed by atoms with Crippen molar-refractivity contribution in [2.24, 2.45) is 0 Å². The van der Waals surface area contributed by atoms with Crippen molar-refractivity contribution in [3.05, 3.63) is 68.9 Å². The molecule has 0 fully saturated rings. The Hall–Kier alpha value is -1.33. The fraction of sp³-hybridized carbons (Fsp3) is 0.200. The van der Waals surface area contributed by atoms with E-state index < -0.39 is 23.5 Å². The zero-order valence-electron chi connectivity index (χ0n) is 11.0. The van der Waals surface area contributed by atoms with E-state index in [-0.39, 0.29) is 11.1 Å². The van der Waals surface area contributed by atoms with E-state index in [4.69, 9.17) is 0 Å². The summed E-state index contributed by atoms with van der Waals surface area (Å²) < 4.78 is 41.4. The lowest BCUT2D eigenvalue weighted by Crippen LogP contribution is -2.20. The van der Waals surface area contributed by atoms with E-state index in [0.29, 0.717) is 10.0 Å². The van der Waals surface area contributed by atoms with Crippen molar-refractivity contribution in [2.45, 2.75) is 13.0 Å². The molecule has 2 aromatic carbocycles. The molecule has 0 aromatic heterocycles. The lowest BCUT2D eigenvalue weighted by molar-refractivity contribution is 0.552. The van der Waals surface area contributed by atoms with E-state index in [1.165, 1.54) is 31.2 Å². The Kier molecular flexibility index (Phi) is 4.50. The monoisotopic (exact) mass is 343 g/mol. The van der Waals surface area contributed by atoms with Crippen LogP contribution in [0.3, 0.4) is 0 Å². The van der Waals surface area contributed by atoms with Gasteiger partial charge in [-0.3, -0.25) is 0 Å². The molecule has 1 unspecified atom stereocenters. The average Bonchev–Trinajstić information content (AvgIpc) is 2.38.